The summed E-state index contributed by atoms with van der Waals surface area (Å²) in [5, 5.41) is 7.00. The van der Waals surface area contributed by atoms with Gasteiger partial charge in [0.25, 0.3) is 5.91 Å². The first-order valence-electron chi connectivity index (χ1n) is 6.20. The Labute approximate surface area is 117 Å². The number of hydrogen-bond donors (Lipinski definition) is 2. The number of methoxy groups -OCH3 is 1. The van der Waals surface area contributed by atoms with Crippen LogP contribution in [0.5, 0.6) is 0 Å². The van der Waals surface area contributed by atoms with Gasteiger partial charge in [-0.15, -0.1) is 0 Å². The predicted molar refractivity (Wildman–Crippen MR) is 77.7 cm³/mol. The van der Waals surface area contributed by atoms with E-state index in [2.05, 4.69) is 10.4 Å². The summed E-state index contributed by atoms with van der Waals surface area (Å²) in [4.78, 5) is 12.1. The molecule has 2 aromatic rings. The summed E-state index contributed by atoms with van der Waals surface area (Å²) in [5.41, 5.74) is 6.24. The van der Waals surface area contributed by atoms with E-state index in [4.69, 9.17) is 10.5 Å². The number of carbonyl (C=O) groups excluding carboxylic acids is 1. The molecule has 6 heteroatoms. The van der Waals surface area contributed by atoms with Gasteiger partial charge in [0.1, 0.15) is 11.4 Å². The first kappa shape index (κ1) is 14.1. The highest BCUT2D eigenvalue weighted by atomic mass is 16.5. The van der Waals surface area contributed by atoms with Gasteiger partial charge in [-0.3, -0.25) is 4.79 Å². The zero-order chi connectivity index (χ0) is 14.8. The fourth-order valence-corrected chi connectivity index (χ4v) is 1.58. The molecule has 0 saturated carbocycles. The smallest absolute Gasteiger partial charge is 0.257 e. The lowest BCUT2D eigenvalue weighted by molar-refractivity contribution is -0.133. The second-order valence-electron chi connectivity index (χ2n) is 4.89. The molecule has 0 atom stereocenters. The Morgan fingerprint density at radius 1 is 1.30 bits per heavy atom. The number of nitrogens with two attached hydrogens (primary N) is 1. The highest BCUT2D eigenvalue weighted by Gasteiger charge is 2.27. The van der Waals surface area contributed by atoms with E-state index in [1.165, 1.54) is 7.11 Å². The number of benzene rings is 1. The van der Waals surface area contributed by atoms with Crippen LogP contribution in [0.4, 0.5) is 11.5 Å². The van der Waals surface area contributed by atoms with Crippen molar-refractivity contribution in [3.05, 3.63) is 36.5 Å². The Kier molecular flexibility index (Phi) is 3.76. The molecular weight excluding hydrogens is 256 g/mol. The normalized spacial score (nSPS) is 11.3. The molecule has 1 heterocycles. The molecule has 0 aliphatic heterocycles. The van der Waals surface area contributed by atoms with Crippen LogP contribution in [0.3, 0.4) is 0 Å². The molecule has 0 unspecified atom stereocenters. The Balaban J connectivity index is 2.25. The molecule has 20 heavy (non-hydrogen) atoms. The first-order chi connectivity index (χ1) is 9.44. The fourth-order valence-electron chi connectivity index (χ4n) is 1.58. The van der Waals surface area contributed by atoms with Gasteiger partial charge in [-0.05, 0) is 38.1 Å². The second-order valence-corrected chi connectivity index (χ2v) is 4.89. The van der Waals surface area contributed by atoms with Gasteiger partial charge in [0.2, 0.25) is 0 Å². The summed E-state index contributed by atoms with van der Waals surface area (Å²) in [5.74, 6) is 0.335. The zero-order valence-electron chi connectivity index (χ0n) is 11.8. The average Bonchev–Trinajstić information content (AvgIpc) is 2.87. The van der Waals surface area contributed by atoms with Crippen LogP contribution in [0, 0.1) is 0 Å². The van der Waals surface area contributed by atoms with E-state index in [-0.39, 0.29) is 5.91 Å². The molecule has 0 bridgehead atoms. The van der Waals surface area contributed by atoms with Crippen molar-refractivity contribution in [2.75, 3.05) is 18.2 Å². The van der Waals surface area contributed by atoms with Gasteiger partial charge in [-0.2, -0.15) is 5.10 Å². The number of anilines is 2. The quantitative estimate of drug-likeness (QED) is 0.833. The fraction of sp³-hybridized carbons (Fsp3) is 0.286. The van der Waals surface area contributed by atoms with Crippen LogP contribution in [0.25, 0.3) is 5.69 Å². The molecule has 0 spiro atoms. The maximum atomic E-state index is 12.1. The van der Waals surface area contributed by atoms with Crippen LogP contribution in [0.1, 0.15) is 13.8 Å². The summed E-state index contributed by atoms with van der Waals surface area (Å²) < 4.78 is 6.78. The number of nitrogen functional groups attached to an aromatic ring is 1. The van der Waals surface area contributed by atoms with Crippen LogP contribution in [0.15, 0.2) is 36.5 Å². The lowest BCUT2D eigenvalue weighted by atomic mass is 10.1. The molecule has 0 fully saturated rings. The van der Waals surface area contributed by atoms with Crippen molar-refractivity contribution in [2.45, 2.75) is 19.4 Å². The summed E-state index contributed by atoms with van der Waals surface area (Å²) in [6, 6.07) is 8.95. The monoisotopic (exact) mass is 274 g/mol. The van der Waals surface area contributed by atoms with E-state index < -0.39 is 5.60 Å². The Bertz CT molecular complexity index is 602. The van der Waals surface area contributed by atoms with Crippen molar-refractivity contribution in [1.29, 1.82) is 0 Å². The van der Waals surface area contributed by atoms with Crippen molar-refractivity contribution in [3.8, 4) is 5.69 Å². The van der Waals surface area contributed by atoms with Gasteiger partial charge in [0.15, 0.2) is 0 Å². The molecule has 0 saturated heterocycles. The number of aromatic nitrogens is 2. The minimum atomic E-state index is -0.907. The average molecular weight is 274 g/mol. The maximum Gasteiger partial charge on any atom is 0.257 e. The summed E-state index contributed by atoms with van der Waals surface area (Å²) in [6.45, 7) is 3.40. The van der Waals surface area contributed by atoms with E-state index in [9.17, 15) is 4.79 Å². The van der Waals surface area contributed by atoms with Gasteiger partial charge in [-0.25, -0.2) is 4.68 Å². The molecule has 0 radical (unpaired) electrons. The molecule has 1 aromatic heterocycles. The maximum absolute atomic E-state index is 12.1. The lowest BCUT2D eigenvalue weighted by Gasteiger charge is -2.21. The third-order valence-electron chi connectivity index (χ3n) is 3.08. The molecule has 3 N–H and O–H groups in total. The van der Waals surface area contributed by atoms with Crippen LogP contribution in [-0.4, -0.2) is 28.4 Å². The topological polar surface area (TPSA) is 82.2 Å². The summed E-state index contributed by atoms with van der Waals surface area (Å²) >= 11 is 0. The van der Waals surface area contributed by atoms with Gasteiger partial charge in [-0.1, -0.05) is 0 Å². The van der Waals surface area contributed by atoms with Crippen LogP contribution in [-0.2, 0) is 9.53 Å². The van der Waals surface area contributed by atoms with Crippen molar-refractivity contribution >= 4 is 17.4 Å². The lowest BCUT2D eigenvalue weighted by Crippen LogP contribution is -2.39. The molecule has 1 amide bonds. The molecule has 0 aliphatic rings. The number of ether oxygens (including phenoxy) is 1. The van der Waals surface area contributed by atoms with E-state index in [0.29, 0.717) is 11.5 Å². The minimum absolute atomic E-state index is 0.239. The van der Waals surface area contributed by atoms with E-state index >= 15 is 0 Å². The summed E-state index contributed by atoms with van der Waals surface area (Å²) in [7, 11) is 1.50. The largest absolute Gasteiger partial charge is 0.399 e. The SMILES string of the molecule is COC(C)(C)C(=O)Nc1ccnn1-c1ccc(N)cc1. The molecule has 6 nitrogen and oxygen atoms in total. The number of nitrogens with one attached hydrogen (secondary N) is 1. The van der Waals surface area contributed by atoms with Crippen molar-refractivity contribution < 1.29 is 9.53 Å². The van der Waals surface area contributed by atoms with Gasteiger partial charge < -0.3 is 15.8 Å². The second kappa shape index (κ2) is 5.34. The van der Waals surface area contributed by atoms with E-state index in [0.717, 1.165) is 5.69 Å². The highest BCUT2D eigenvalue weighted by Crippen LogP contribution is 2.18. The van der Waals surface area contributed by atoms with Crippen LogP contribution in [0.2, 0.25) is 0 Å². The Morgan fingerprint density at radius 3 is 2.55 bits per heavy atom. The molecule has 1 aromatic carbocycles. The third-order valence-corrected chi connectivity index (χ3v) is 3.08. The number of nitrogens with zero attached hydrogens (tertiary/aromatic N) is 2. The predicted octanol–water partition coefficient (Wildman–Crippen LogP) is 1.82. The number of carbonyl (C=O) groups is 1. The van der Waals surface area contributed by atoms with Gasteiger partial charge in [0.05, 0.1) is 11.9 Å². The minimum Gasteiger partial charge on any atom is -0.399 e. The highest BCUT2D eigenvalue weighted by molar-refractivity contribution is 5.96. The van der Waals surface area contributed by atoms with Crippen molar-refractivity contribution in [1.82, 2.24) is 9.78 Å². The number of hydrogen-bond acceptors (Lipinski definition) is 4. The molecule has 106 valence electrons. The standard InChI is InChI=1S/C14H18N4O2/c1-14(2,20-3)13(19)17-12-8-9-16-18(12)11-6-4-10(15)5-7-11/h4-9H,15H2,1-3H3,(H,17,19). The Morgan fingerprint density at radius 2 is 1.95 bits per heavy atom. The van der Waals surface area contributed by atoms with Crippen LogP contribution >= 0.6 is 0 Å². The van der Waals surface area contributed by atoms with Gasteiger partial charge >= 0.3 is 0 Å². The van der Waals surface area contributed by atoms with E-state index in [1.807, 2.05) is 12.1 Å². The number of rotatable bonds is 4. The number of amides is 1. The zero-order valence-corrected chi connectivity index (χ0v) is 11.8. The van der Waals surface area contributed by atoms with Crippen molar-refractivity contribution in [2.24, 2.45) is 0 Å². The van der Waals surface area contributed by atoms with Crippen LogP contribution < -0.4 is 11.1 Å². The van der Waals surface area contributed by atoms with Crippen molar-refractivity contribution in [3.63, 3.8) is 0 Å². The molecular formula is C14H18N4O2. The summed E-state index contributed by atoms with van der Waals surface area (Å²) in [6.07, 6.45) is 1.62. The van der Waals surface area contributed by atoms with Gasteiger partial charge in [0, 0.05) is 18.9 Å². The third kappa shape index (κ3) is 2.80. The molecule has 0 aliphatic carbocycles. The first-order valence-corrected chi connectivity index (χ1v) is 6.20. The Hall–Kier alpha value is -2.34. The van der Waals surface area contributed by atoms with E-state index in [1.54, 1.807) is 42.9 Å². The molecule has 2 rings (SSSR count).